The number of hydrogen-bond donors (Lipinski definition) is 2. The Kier molecular flexibility index (Phi) is 6.54. The lowest BCUT2D eigenvalue weighted by molar-refractivity contribution is -0.127. The number of benzene rings is 2. The van der Waals surface area contributed by atoms with E-state index in [-0.39, 0.29) is 17.7 Å². The number of halogens is 1. The summed E-state index contributed by atoms with van der Waals surface area (Å²) in [4.78, 5) is 24.2. The number of amides is 2. The summed E-state index contributed by atoms with van der Waals surface area (Å²) in [5.41, 5.74) is 5.53. The SMILES string of the molecule is C/C(=N\NC(=O)C(C)Oc1ccc(Cl)cc1C)c1cccc(NC(=O)C2CC2)c1. The van der Waals surface area contributed by atoms with Gasteiger partial charge in [0.15, 0.2) is 6.10 Å². The number of rotatable bonds is 7. The molecule has 0 aromatic heterocycles. The first-order valence-corrected chi connectivity index (χ1v) is 9.89. The minimum atomic E-state index is -0.726. The van der Waals surface area contributed by atoms with Crippen molar-refractivity contribution in [1.29, 1.82) is 0 Å². The molecule has 0 radical (unpaired) electrons. The maximum Gasteiger partial charge on any atom is 0.280 e. The van der Waals surface area contributed by atoms with E-state index in [2.05, 4.69) is 15.8 Å². The van der Waals surface area contributed by atoms with Crippen molar-refractivity contribution in [1.82, 2.24) is 5.43 Å². The van der Waals surface area contributed by atoms with Crippen molar-refractivity contribution >= 4 is 34.8 Å². The van der Waals surface area contributed by atoms with E-state index < -0.39 is 6.10 Å². The van der Waals surface area contributed by atoms with Crippen LogP contribution in [0.25, 0.3) is 0 Å². The van der Waals surface area contributed by atoms with Crippen molar-refractivity contribution in [3.8, 4) is 5.75 Å². The zero-order valence-electron chi connectivity index (χ0n) is 16.7. The van der Waals surface area contributed by atoms with Crippen LogP contribution in [0.5, 0.6) is 5.75 Å². The van der Waals surface area contributed by atoms with Crippen LogP contribution in [-0.4, -0.2) is 23.6 Å². The van der Waals surface area contributed by atoms with Gasteiger partial charge >= 0.3 is 0 Å². The van der Waals surface area contributed by atoms with Crippen LogP contribution in [0.1, 0.15) is 37.8 Å². The lowest BCUT2D eigenvalue weighted by Gasteiger charge is -2.15. The monoisotopic (exact) mass is 413 g/mol. The molecule has 29 heavy (non-hydrogen) atoms. The third-order valence-electron chi connectivity index (χ3n) is 4.64. The van der Waals surface area contributed by atoms with Gasteiger partial charge in [-0.15, -0.1) is 0 Å². The quantitative estimate of drug-likeness (QED) is 0.524. The molecule has 3 rings (SSSR count). The predicted octanol–water partition coefficient (Wildman–Crippen LogP) is 4.30. The largest absolute Gasteiger partial charge is 0.481 e. The van der Waals surface area contributed by atoms with Crippen molar-refractivity contribution in [2.45, 2.75) is 39.7 Å². The molecule has 2 amide bonds. The van der Waals surface area contributed by atoms with E-state index in [1.165, 1.54) is 0 Å². The van der Waals surface area contributed by atoms with Gasteiger partial charge in [0.05, 0.1) is 5.71 Å². The van der Waals surface area contributed by atoms with E-state index in [1.54, 1.807) is 32.0 Å². The Morgan fingerprint density at radius 3 is 2.66 bits per heavy atom. The maximum atomic E-state index is 12.3. The summed E-state index contributed by atoms with van der Waals surface area (Å²) < 4.78 is 5.70. The molecule has 152 valence electrons. The summed E-state index contributed by atoms with van der Waals surface area (Å²) in [6, 6.07) is 12.6. The van der Waals surface area contributed by atoms with E-state index >= 15 is 0 Å². The van der Waals surface area contributed by atoms with E-state index in [0.717, 1.165) is 29.7 Å². The van der Waals surface area contributed by atoms with Crippen LogP contribution in [0.2, 0.25) is 5.02 Å². The van der Waals surface area contributed by atoms with Gasteiger partial charge in [-0.25, -0.2) is 5.43 Å². The molecular formula is C22H24ClN3O3. The highest BCUT2D eigenvalue weighted by Crippen LogP contribution is 2.30. The fraction of sp³-hybridized carbons (Fsp3) is 0.318. The summed E-state index contributed by atoms with van der Waals surface area (Å²) in [5, 5.41) is 7.69. The van der Waals surface area contributed by atoms with Crippen molar-refractivity contribution < 1.29 is 14.3 Å². The van der Waals surface area contributed by atoms with Crippen LogP contribution in [0, 0.1) is 12.8 Å². The fourth-order valence-corrected chi connectivity index (χ4v) is 2.92. The van der Waals surface area contributed by atoms with E-state index in [1.807, 2.05) is 31.2 Å². The molecule has 1 aliphatic carbocycles. The maximum absolute atomic E-state index is 12.3. The number of nitrogens with one attached hydrogen (secondary N) is 2. The number of anilines is 1. The zero-order chi connectivity index (χ0) is 21.0. The summed E-state index contributed by atoms with van der Waals surface area (Å²) >= 11 is 5.94. The van der Waals surface area contributed by atoms with Gasteiger partial charge in [0.2, 0.25) is 5.91 Å². The fourth-order valence-electron chi connectivity index (χ4n) is 2.70. The molecule has 1 saturated carbocycles. The molecule has 2 N–H and O–H groups in total. The first-order chi connectivity index (χ1) is 13.8. The molecule has 7 heteroatoms. The number of aryl methyl sites for hydroxylation is 1. The molecule has 0 heterocycles. The summed E-state index contributed by atoms with van der Waals surface area (Å²) in [6.45, 7) is 5.31. The average molecular weight is 414 g/mol. The van der Waals surface area contributed by atoms with Gasteiger partial charge in [-0.3, -0.25) is 9.59 Å². The minimum absolute atomic E-state index is 0.0495. The van der Waals surface area contributed by atoms with Crippen LogP contribution in [0.15, 0.2) is 47.6 Å². The molecule has 0 bridgehead atoms. The summed E-state index contributed by atoms with van der Waals surface area (Å²) in [6.07, 6.45) is 1.18. The van der Waals surface area contributed by atoms with Gasteiger partial charge in [-0.1, -0.05) is 23.7 Å². The second-order valence-electron chi connectivity index (χ2n) is 7.19. The molecule has 2 aromatic carbocycles. The topological polar surface area (TPSA) is 79.8 Å². The van der Waals surface area contributed by atoms with Crippen molar-refractivity contribution in [2.24, 2.45) is 11.0 Å². The minimum Gasteiger partial charge on any atom is -0.481 e. The highest BCUT2D eigenvalue weighted by atomic mass is 35.5. The number of carbonyl (C=O) groups is 2. The Labute approximate surface area is 175 Å². The molecule has 1 aliphatic rings. The van der Waals surface area contributed by atoms with Gasteiger partial charge in [0, 0.05) is 16.6 Å². The van der Waals surface area contributed by atoms with Gasteiger partial charge in [-0.05, 0) is 75.1 Å². The normalized spacial score (nSPS) is 14.8. The Morgan fingerprint density at radius 2 is 1.97 bits per heavy atom. The summed E-state index contributed by atoms with van der Waals surface area (Å²) in [7, 11) is 0. The standard InChI is InChI=1S/C22H24ClN3O3/c1-13-11-18(23)9-10-20(13)29-15(3)21(27)26-25-14(2)17-5-4-6-19(12-17)24-22(28)16-7-8-16/h4-6,9-12,15-16H,7-8H2,1-3H3,(H,24,28)(H,26,27)/b25-14+. The summed E-state index contributed by atoms with van der Waals surface area (Å²) in [5.74, 6) is 0.417. The van der Waals surface area contributed by atoms with Gasteiger partial charge < -0.3 is 10.1 Å². The van der Waals surface area contributed by atoms with E-state index in [0.29, 0.717) is 16.5 Å². The number of carbonyl (C=O) groups excluding carboxylic acids is 2. The third-order valence-corrected chi connectivity index (χ3v) is 4.87. The number of hydrogen-bond acceptors (Lipinski definition) is 4. The Morgan fingerprint density at radius 1 is 1.21 bits per heavy atom. The molecule has 6 nitrogen and oxygen atoms in total. The van der Waals surface area contributed by atoms with Gasteiger partial charge in [0.25, 0.3) is 5.91 Å². The van der Waals surface area contributed by atoms with Crippen molar-refractivity contribution in [3.05, 3.63) is 58.6 Å². The molecule has 2 aromatic rings. The first kappa shape index (κ1) is 20.9. The highest BCUT2D eigenvalue weighted by molar-refractivity contribution is 6.30. The molecule has 1 fully saturated rings. The Balaban J connectivity index is 1.59. The molecule has 1 atom stereocenters. The second-order valence-corrected chi connectivity index (χ2v) is 7.62. The van der Waals surface area contributed by atoms with Gasteiger partial charge in [-0.2, -0.15) is 5.10 Å². The lowest BCUT2D eigenvalue weighted by atomic mass is 10.1. The zero-order valence-corrected chi connectivity index (χ0v) is 17.4. The van der Waals surface area contributed by atoms with Crippen LogP contribution in [-0.2, 0) is 9.59 Å². The average Bonchev–Trinajstić information content (AvgIpc) is 3.53. The predicted molar refractivity (Wildman–Crippen MR) is 114 cm³/mol. The highest BCUT2D eigenvalue weighted by Gasteiger charge is 2.29. The molecule has 0 aliphatic heterocycles. The van der Waals surface area contributed by atoms with Gasteiger partial charge in [0.1, 0.15) is 5.75 Å². The molecule has 0 spiro atoms. The third kappa shape index (κ3) is 5.81. The number of ether oxygens (including phenoxy) is 1. The number of nitrogens with zero attached hydrogens (tertiary/aromatic N) is 1. The smallest absolute Gasteiger partial charge is 0.280 e. The van der Waals surface area contributed by atoms with Crippen LogP contribution >= 0.6 is 11.6 Å². The Bertz CT molecular complexity index is 954. The second kappa shape index (κ2) is 9.09. The van der Waals surface area contributed by atoms with E-state index in [4.69, 9.17) is 16.3 Å². The first-order valence-electron chi connectivity index (χ1n) is 9.51. The Hall–Kier alpha value is -2.86. The van der Waals surface area contributed by atoms with Crippen molar-refractivity contribution in [2.75, 3.05) is 5.32 Å². The molecule has 0 saturated heterocycles. The lowest BCUT2D eigenvalue weighted by Crippen LogP contribution is -2.34. The molecular weight excluding hydrogens is 390 g/mol. The van der Waals surface area contributed by atoms with E-state index in [9.17, 15) is 9.59 Å². The molecule has 1 unspecified atom stereocenters. The van der Waals surface area contributed by atoms with Crippen LogP contribution < -0.4 is 15.5 Å². The van der Waals surface area contributed by atoms with Crippen molar-refractivity contribution in [3.63, 3.8) is 0 Å². The van der Waals surface area contributed by atoms with Crippen LogP contribution in [0.3, 0.4) is 0 Å². The number of hydrazone groups is 1. The van der Waals surface area contributed by atoms with Crippen LogP contribution in [0.4, 0.5) is 5.69 Å².